The van der Waals surface area contributed by atoms with Crippen LogP contribution in [0, 0.1) is 0 Å². The van der Waals surface area contributed by atoms with E-state index in [2.05, 4.69) is 0 Å². The number of likely N-dealkylation sites (tertiary alicyclic amines) is 1. The Labute approximate surface area is 146 Å². The van der Waals surface area contributed by atoms with Crippen LogP contribution in [0.1, 0.15) is 33.6 Å². The van der Waals surface area contributed by atoms with Crippen LogP contribution in [0.5, 0.6) is 0 Å². The maximum absolute atomic E-state index is 12.7. The summed E-state index contributed by atoms with van der Waals surface area (Å²) in [6.45, 7) is 0.520. The number of aliphatic hydroxyl groups excluding tert-OH is 1. The summed E-state index contributed by atoms with van der Waals surface area (Å²) >= 11 is 0. The van der Waals surface area contributed by atoms with Gasteiger partial charge >= 0.3 is 5.97 Å². The molecule has 0 bridgehead atoms. The zero-order valence-corrected chi connectivity index (χ0v) is 13.9. The Morgan fingerprint density at radius 3 is 2.24 bits per heavy atom. The lowest BCUT2D eigenvalue weighted by molar-refractivity contribution is -0.0196. The second-order valence-electron chi connectivity index (χ2n) is 6.11. The number of carbonyl (C=O) groups is 2. The third-order valence-electron chi connectivity index (χ3n) is 4.42. The number of hydrogen-bond acceptors (Lipinski definition) is 4. The van der Waals surface area contributed by atoms with Gasteiger partial charge in [-0.05, 0) is 37.1 Å². The molecule has 130 valence electrons. The maximum Gasteiger partial charge on any atom is 0.338 e. The molecule has 1 fully saturated rings. The SMILES string of the molecule is O=C(OC[C@@H]1[C@@H](O)CCCN1C(=O)c1ccccc1)c1ccccc1. The molecule has 0 spiro atoms. The lowest BCUT2D eigenvalue weighted by Crippen LogP contribution is -2.53. The quantitative estimate of drug-likeness (QED) is 0.869. The summed E-state index contributed by atoms with van der Waals surface area (Å²) in [4.78, 5) is 26.5. The van der Waals surface area contributed by atoms with Gasteiger partial charge in [-0.3, -0.25) is 4.79 Å². The van der Waals surface area contributed by atoms with Crippen LogP contribution in [0.15, 0.2) is 60.7 Å². The number of piperidine rings is 1. The molecular formula is C20H21NO4. The molecule has 5 nitrogen and oxygen atoms in total. The van der Waals surface area contributed by atoms with Gasteiger partial charge < -0.3 is 14.7 Å². The number of carbonyl (C=O) groups excluding carboxylic acids is 2. The predicted octanol–water partition coefficient (Wildman–Crippen LogP) is 2.51. The minimum absolute atomic E-state index is 0.0204. The van der Waals surface area contributed by atoms with Crippen LogP contribution in [0.4, 0.5) is 0 Å². The van der Waals surface area contributed by atoms with E-state index in [4.69, 9.17) is 4.74 Å². The van der Waals surface area contributed by atoms with Crippen molar-refractivity contribution in [3.05, 3.63) is 71.8 Å². The van der Waals surface area contributed by atoms with E-state index < -0.39 is 18.1 Å². The fourth-order valence-electron chi connectivity index (χ4n) is 3.06. The van der Waals surface area contributed by atoms with E-state index in [9.17, 15) is 14.7 Å². The van der Waals surface area contributed by atoms with Crippen LogP contribution >= 0.6 is 0 Å². The number of ether oxygens (including phenoxy) is 1. The summed E-state index contributed by atoms with van der Waals surface area (Å²) in [6.07, 6.45) is 0.611. The fraction of sp³-hybridized carbons (Fsp3) is 0.300. The second-order valence-corrected chi connectivity index (χ2v) is 6.11. The molecule has 2 aromatic carbocycles. The maximum atomic E-state index is 12.7. The minimum Gasteiger partial charge on any atom is -0.460 e. The molecular weight excluding hydrogens is 318 g/mol. The van der Waals surface area contributed by atoms with E-state index in [1.165, 1.54) is 0 Å². The third-order valence-corrected chi connectivity index (χ3v) is 4.42. The summed E-state index contributed by atoms with van der Waals surface area (Å²) in [7, 11) is 0. The molecule has 1 aliphatic heterocycles. The predicted molar refractivity (Wildman–Crippen MR) is 93.2 cm³/mol. The summed E-state index contributed by atoms with van der Waals surface area (Å²) in [5, 5.41) is 10.3. The second kappa shape index (κ2) is 7.94. The summed E-state index contributed by atoms with van der Waals surface area (Å²) in [5.74, 6) is -0.606. The standard InChI is InChI=1S/C20H21NO4/c22-18-12-7-13-21(19(23)15-8-3-1-4-9-15)17(18)14-25-20(24)16-10-5-2-6-11-16/h1-6,8-11,17-18,22H,7,12-14H2/t17-,18+/m1/s1. The van der Waals surface area contributed by atoms with Gasteiger partial charge in [-0.25, -0.2) is 4.79 Å². The smallest absolute Gasteiger partial charge is 0.338 e. The van der Waals surface area contributed by atoms with Crippen LogP contribution < -0.4 is 0 Å². The van der Waals surface area contributed by atoms with Crippen molar-refractivity contribution in [2.24, 2.45) is 0 Å². The van der Waals surface area contributed by atoms with E-state index in [0.717, 1.165) is 6.42 Å². The van der Waals surface area contributed by atoms with E-state index >= 15 is 0 Å². The van der Waals surface area contributed by atoms with Gasteiger partial charge in [0.1, 0.15) is 6.61 Å². The van der Waals surface area contributed by atoms with Gasteiger partial charge in [-0.15, -0.1) is 0 Å². The minimum atomic E-state index is -0.704. The Morgan fingerprint density at radius 2 is 1.60 bits per heavy atom. The van der Waals surface area contributed by atoms with E-state index in [0.29, 0.717) is 24.1 Å². The van der Waals surface area contributed by atoms with Gasteiger partial charge in [0.05, 0.1) is 17.7 Å². The number of benzene rings is 2. The van der Waals surface area contributed by atoms with Crippen LogP contribution in [0.2, 0.25) is 0 Å². The molecule has 1 aliphatic rings. The molecule has 25 heavy (non-hydrogen) atoms. The van der Waals surface area contributed by atoms with Crippen molar-refractivity contribution < 1.29 is 19.4 Å². The molecule has 0 radical (unpaired) electrons. The molecule has 1 N–H and O–H groups in total. The first-order valence-corrected chi connectivity index (χ1v) is 8.43. The normalized spacial score (nSPS) is 20.1. The fourth-order valence-corrected chi connectivity index (χ4v) is 3.06. The van der Waals surface area contributed by atoms with E-state index in [-0.39, 0.29) is 12.5 Å². The Morgan fingerprint density at radius 1 is 1.00 bits per heavy atom. The van der Waals surface area contributed by atoms with Gasteiger partial charge in [0.25, 0.3) is 5.91 Å². The Hall–Kier alpha value is -2.66. The molecule has 1 saturated heterocycles. The molecule has 2 aromatic rings. The van der Waals surface area contributed by atoms with Crippen LogP contribution in [-0.4, -0.2) is 47.2 Å². The molecule has 0 aromatic heterocycles. The largest absolute Gasteiger partial charge is 0.460 e. The van der Waals surface area contributed by atoms with E-state index in [1.54, 1.807) is 53.4 Å². The van der Waals surface area contributed by atoms with Crippen molar-refractivity contribution >= 4 is 11.9 Å². The molecule has 0 saturated carbocycles. The Bertz CT molecular complexity index is 717. The van der Waals surface area contributed by atoms with Crippen molar-refractivity contribution in [1.82, 2.24) is 4.90 Å². The number of esters is 1. The van der Waals surface area contributed by atoms with Crippen molar-refractivity contribution in [2.45, 2.75) is 25.0 Å². The lowest BCUT2D eigenvalue weighted by atomic mass is 9.98. The monoisotopic (exact) mass is 339 g/mol. The highest BCUT2D eigenvalue weighted by Gasteiger charge is 2.34. The van der Waals surface area contributed by atoms with Gasteiger partial charge in [0, 0.05) is 12.1 Å². The third kappa shape index (κ3) is 4.06. The van der Waals surface area contributed by atoms with E-state index in [1.807, 2.05) is 12.1 Å². The average molecular weight is 339 g/mol. The zero-order valence-electron chi connectivity index (χ0n) is 13.9. The van der Waals surface area contributed by atoms with Gasteiger partial charge in [0.15, 0.2) is 0 Å². The van der Waals surface area contributed by atoms with Crippen LogP contribution in [-0.2, 0) is 4.74 Å². The first kappa shape index (κ1) is 17.2. The van der Waals surface area contributed by atoms with Gasteiger partial charge in [0.2, 0.25) is 0 Å². The zero-order chi connectivity index (χ0) is 17.6. The molecule has 1 amide bonds. The highest BCUT2D eigenvalue weighted by atomic mass is 16.5. The van der Waals surface area contributed by atoms with Crippen molar-refractivity contribution in [2.75, 3.05) is 13.2 Å². The summed E-state index contributed by atoms with van der Waals surface area (Å²) in [6, 6.07) is 17.1. The first-order chi connectivity index (χ1) is 12.2. The average Bonchev–Trinajstić information content (AvgIpc) is 2.67. The lowest BCUT2D eigenvalue weighted by Gasteiger charge is -2.38. The van der Waals surface area contributed by atoms with Crippen molar-refractivity contribution in [3.8, 4) is 0 Å². The number of nitrogens with zero attached hydrogens (tertiary/aromatic N) is 1. The van der Waals surface area contributed by atoms with Crippen molar-refractivity contribution in [1.29, 1.82) is 0 Å². The molecule has 1 heterocycles. The molecule has 0 aliphatic carbocycles. The first-order valence-electron chi connectivity index (χ1n) is 8.43. The molecule has 2 atom stereocenters. The molecule has 3 rings (SSSR count). The van der Waals surface area contributed by atoms with Crippen molar-refractivity contribution in [3.63, 3.8) is 0 Å². The van der Waals surface area contributed by atoms with Crippen LogP contribution in [0.3, 0.4) is 0 Å². The van der Waals surface area contributed by atoms with Crippen LogP contribution in [0.25, 0.3) is 0 Å². The summed E-state index contributed by atoms with van der Waals surface area (Å²) < 4.78 is 5.36. The topological polar surface area (TPSA) is 66.8 Å². The Kier molecular flexibility index (Phi) is 5.46. The number of hydrogen-bond donors (Lipinski definition) is 1. The number of amides is 1. The highest BCUT2D eigenvalue weighted by molar-refractivity contribution is 5.94. The number of rotatable bonds is 4. The van der Waals surface area contributed by atoms with Gasteiger partial charge in [-0.1, -0.05) is 36.4 Å². The number of aliphatic hydroxyl groups is 1. The molecule has 0 unspecified atom stereocenters. The van der Waals surface area contributed by atoms with Gasteiger partial charge in [-0.2, -0.15) is 0 Å². The summed E-state index contributed by atoms with van der Waals surface area (Å²) in [5.41, 5.74) is 1.02. The Balaban J connectivity index is 1.70. The molecule has 5 heteroatoms. The highest BCUT2D eigenvalue weighted by Crippen LogP contribution is 2.21.